The Morgan fingerprint density at radius 3 is 2.75 bits per heavy atom. The number of carbonyl (C=O) groups excluding carboxylic acids is 1. The number of terminal acetylenes is 1. The maximum absolute atomic E-state index is 11.7. The minimum absolute atomic E-state index is 0.224. The molecule has 0 spiro atoms. The Balaban J connectivity index is 2.05. The fourth-order valence-corrected chi connectivity index (χ4v) is 2.30. The first kappa shape index (κ1) is 14.3. The molecule has 2 aromatic rings. The van der Waals surface area contributed by atoms with Gasteiger partial charge in [-0.05, 0) is 19.1 Å². The van der Waals surface area contributed by atoms with Gasteiger partial charge in [0.05, 0.1) is 16.7 Å². The summed E-state index contributed by atoms with van der Waals surface area (Å²) in [6, 6.07) is 6.80. The predicted molar refractivity (Wildman–Crippen MR) is 82.3 cm³/mol. The van der Waals surface area contributed by atoms with Gasteiger partial charge in [0.15, 0.2) is 0 Å². The van der Waals surface area contributed by atoms with Crippen LogP contribution in [0.4, 0.5) is 5.69 Å². The molecule has 1 aromatic carbocycles. The average molecular weight is 285 g/mol. The molecule has 1 aromatic heterocycles. The van der Waals surface area contributed by atoms with E-state index < -0.39 is 6.04 Å². The number of carbonyl (C=O) groups is 1. The molecule has 1 unspecified atom stereocenters. The quantitative estimate of drug-likeness (QED) is 0.848. The summed E-state index contributed by atoms with van der Waals surface area (Å²) in [6.07, 6.45) is 5.36. The van der Waals surface area contributed by atoms with Crippen LogP contribution in [0.5, 0.6) is 0 Å². The van der Waals surface area contributed by atoms with Crippen LogP contribution in [-0.2, 0) is 4.79 Å². The number of thiazole rings is 1. The second-order valence-electron chi connectivity index (χ2n) is 4.33. The van der Waals surface area contributed by atoms with Gasteiger partial charge in [0.1, 0.15) is 0 Å². The van der Waals surface area contributed by atoms with Crippen molar-refractivity contribution in [1.82, 2.24) is 4.98 Å². The zero-order valence-corrected chi connectivity index (χ0v) is 11.9. The van der Waals surface area contributed by atoms with E-state index in [2.05, 4.69) is 16.2 Å². The summed E-state index contributed by atoms with van der Waals surface area (Å²) in [4.78, 5) is 16.1. The van der Waals surface area contributed by atoms with Crippen LogP contribution in [0, 0.1) is 19.3 Å². The van der Waals surface area contributed by atoms with Crippen molar-refractivity contribution in [3.8, 4) is 23.6 Å². The van der Waals surface area contributed by atoms with Gasteiger partial charge >= 0.3 is 0 Å². The molecule has 0 aliphatic rings. The Bertz CT molecular complexity index is 640. The third kappa shape index (κ3) is 3.44. The van der Waals surface area contributed by atoms with Gasteiger partial charge in [0.2, 0.25) is 5.91 Å². The molecule has 3 N–H and O–H groups in total. The Morgan fingerprint density at radius 2 is 2.20 bits per heavy atom. The van der Waals surface area contributed by atoms with Gasteiger partial charge in [-0.15, -0.1) is 23.7 Å². The standard InChI is InChI=1S/C15H15N3OS/c1-3-4-13(16)15(19)18-12-7-5-11(6-8-12)14-9-20-10(2)17-14/h1,5-9,13H,4,16H2,2H3,(H,18,19). The topological polar surface area (TPSA) is 68.0 Å². The number of amides is 1. The largest absolute Gasteiger partial charge is 0.325 e. The molecule has 0 bridgehead atoms. The molecular weight excluding hydrogens is 270 g/mol. The van der Waals surface area contributed by atoms with E-state index >= 15 is 0 Å². The van der Waals surface area contributed by atoms with E-state index in [0.717, 1.165) is 16.3 Å². The average Bonchev–Trinajstić information content (AvgIpc) is 2.86. The predicted octanol–water partition coefficient (Wildman–Crippen LogP) is 2.41. The summed E-state index contributed by atoms with van der Waals surface area (Å²) in [5.41, 5.74) is 8.28. The fourth-order valence-electron chi connectivity index (χ4n) is 1.67. The molecule has 102 valence electrons. The number of hydrogen-bond acceptors (Lipinski definition) is 4. The summed E-state index contributed by atoms with van der Waals surface area (Å²) in [6.45, 7) is 1.97. The highest BCUT2D eigenvalue weighted by molar-refractivity contribution is 7.09. The minimum Gasteiger partial charge on any atom is -0.325 e. The first-order chi connectivity index (χ1) is 9.60. The molecule has 0 aliphatic carbocycles. The van der Waals surface area contributed by atoms with Gasteiger partial charge in [-0.25, -0.2) is 4.98 Å². The van der Waals surface area contributed by atoms with E-state index in [4.69, 9.17) is 12.2 Å². The smallest absolute Gasteiger partial charge is 0.242 e. The molecule has 1 heterocycles. The van der Waals surface area contributed by atoms with Gasteiger partial charge in [0.25, 0.3) is 0 Å². The van der Waals surface area contributed by atoms with Gasteiger partial charge < -0.3 is 11.1 Å². The maximum Gasteiger partial charge on any atom is 0.242 e. The van der Waals surface area contributed by atoms with Crippen LogP contribution in [-0.4, -0.2) is 16.9 Å². The zero-order valence-electron chi connectivity index (χ0n) is 11.1. The summed E-state index contributed by atoms with van der Waals surface area (Å²) in [5, 5.41) is 5.76. The third-order valence-electron chi connectivity index (χ3n) is 2.74. The summed E-state index contributed by atoms with van der Waals surface area (Å²) in [7, 11) is 0. The van der Waals surface area contributed by atoms with Gasteiger partial charge in [0, 0.05) is 23.1 Å². The van der Waals surface area contributed by atoms with Crippen LogP contribution in [0.3, 0.4) is 0 Å². The van der Waals surface area contributed by atoms with Crippen molar-refractivity contribution in [2.24, 2.45) is 5.73 Å². The number of nitrogens with two attached hydrogens (primary N) is 1. The maximum atomic E-state index is 11.7. The third-order valence-corrected chi connectivity index (χ3v) is 3.52. The Labute approximate surface area is 122 Å². The molecule has 0 saturated heterocycles. The fraction of sp³-hybridized carbons (Fsp3) is 0.200. The second-order valence-corrected chi connectivity index (χ2v) is 5.40. The number of anilines is 1. The van der Waals surface area contributed by atoms with E-state index in [1.807, 2.05) is 36.6 Å². The number of rotatable bonds is 4. The molecule has 1 atom stereocenters. The van der Waals surface area contributed by atoms with E-state index in [9.17, 15) is 4.79 Å². The van der Waals surface area contributed by atoms with Crippen LogP contribution in [0.25, 0.3) is 11.3 Å². The molecule has 2 rings (SSSR count). The molecule has 0 radical (unpaired) electrons. The summed E-state index contributed by atoms with van der Waals surface area (Å²) in [5.74, 6) is 2.10. The van der Waals surface area contributed by atoms with Crippen molar-refractivity contribution in [3.63, 3.8) is 0 Å². The van der Waals surface area contributed by atoms with E-state index in [1.165, 1.54) is 0 Å². The normalized spacial score (nSPS) is 11.7. The number of aryl methyl sites for hydroxylation is 1. The van der Waals surface area contributed by atoms with Crippen LogP contribution in [0.2, 0.25) is 0 Å². The van der Waals surface area contributed by atoms with Crippen molar-refractivity contribution in [2.45, 2.75) is 19.4 Å². The lowest BCUT2D eigenvalue weighted by Gasteiger charge is -2.09. The summed E-state index contributed by atoms with van der Waals surface area (Å²) >= 11 is 1.61. The number of nitrogens with zero attached hydrogens (tertiary/aromatic N) is 1. The first-order valence-electron chi connectivity index (χ1n) is 6.12. The molecular formula is C15H15N3OS. The molecule has 0 aliphatic heterocycles. The van der Waals surface area contributed by atoms with E-state index in [1.54, 1.807) is 11.3 Å². The van der Waals surface area contributed by atoms with Crippen molar-refractivity contribution >= 4 is 22.9 Å². The molecule has 4 nitrogen and oxygen atoms in total. The molecule has 0 fully saturated rings. The molecule has 0 saturated carbocycles. The van der Waals surface area contributed by atoms with Crippen molar-refractivity contribution in [1.29, 1.82) is 0 Å². The molecule has 20 heavy (non-hydrogen) atoms. The lowest BCUT2D eigenvalue weighted by atomic mass is 10.1. The van der Waals surface area contributed by atoms with Gasteiger partial charge in [-0.2, -0.15) is 0 Å². The van der Waals surface area contributed by atoms with Gasteiger partial charge in [-0.1, -0.05) is 12.1 Å². The van der Waals surface area contributed by atoms with Crippen molar-refractivity contribution in [3.05, 3.63) is 34.7 Å². The number of nitrogens with one attached hydrogen (secondary N) is 1. The van der Waals surface area contributed by atoms with Crippen LogP contribution in [0.1, 0.15) is 11.4 Å². The Hall–Kier alpha value is -2.16. The number of benzene rings is 1. The van der Waals surface area contributed by atoms with Crippen LogP contribution >= 0.6 is 11.3 Å². The monoisotopic (exact) mass is 285 g/mol. The Morgan fingerprint density at radius 1 is 1.50 bits per heavy atom. The van der Waals surface area contributed by atoms with Gasteiger partial charge in [-0.3, -0.25) is 4.79 Å². The molecule has 5 heteroatoms. The second kappa shape index (κ2) is 6.33. The first-order valence-corrected chi connectivity index (χ1v) is 7.00. The van der Waals surface area contributed by atoms with Crippen LogP contribution in [0.15, 0.2) is 29.6 Å². The zero-order chi connectivity index (χ0) is 14.5. The Kier molecular flexibility index (Phi) is 4.51. The highest BCUT2D eigenvalue weighted by Crippen LogP contribution is 2.23. The molecule has 1 amide bonds. The highest BCUT2D eigenvalue weighted by atomic mass is 32.1. The highest BCUT2D eigenvalue weighted by Gasteiger charge is 2.12. The van der Waals surface area contributed by atoms with E-state index in [0.29, 0.717) is 5.69 Å². The summed E-state index contributed by atoms with van der Waals surface area (Å²) < 4.78 is 0. The number of hydrogen-bond donors (Lipinski definition) is 2. The van der Waals surface area contributed by atoms with Crippen molar-refractivity contribution in [2.75, 3.05) is 5.32 Å². The minimum atomic E-state index is -0.680. The lowest BCUT2D eigenvalue weighted by molar-refractivity contribution is -0.117. The van der Waals surface area contributed by atoms with E-state index in [-0.39, 0.29) is 12.3 Å². The van der Waals surface area contributed by atoms with Crippen molar-refractivity contribution < 1.29 is 4.79 Å². The lowest BCUT2D eigenvalue weighted by Crippen LogP contribution is -2.35. The SMILES string of the molecule is C#CCC(N)C(=O)Nc1ccc(-c2csc(C)n2)cc1. The van der Waals surface area contributed by atoms with Crippen LogP contribution < -0.4 is 11.1 Å². The number of aromatic nitrogens is 1.